The second-order valence-corrected chi connectivity index (χ2v) is 5.11. The lowest BCUT2D eigenvalue weighted by molar-refractivity contribution is 0.157. The minimum atomic E-state index is -0.281. The fraction of sp³-hybridized carbons (Fsp3) is 0.600. The average Bonchev–Trinajstić information content (AvgIpc) is 2.16. The Morgan fingerprint density at radius 1 is 1.38 bits per heavy atom. The second-order valence-electron chi connectivity index (χ2n) is 5.11. The third kappa shape index (κ3) is 3.97. The summed E-state index contributed by atoms with van der Waals surface area (Å²) in [5.74, 6) is 0.328. The number of rotatable bonds is 3. The smallest absolute Gasteiger partial charge is 0.0788 e. The summed E-state index contributed by atoms with van der Waals surface area (Å²) < 4.78 is 0. The predicted molar refractivity (Wildman–Crippen MR) is 70.3 cm³/mol. The fourth-order valence-corrected chi connectivity index (χ4v) is 2.17. The van der Waals surface area contributed by atoms with Crippen molar-refractivity contribution < 1.29 is 5.11 Å². The van der Waals surface area contributed by atoms with Crippen LogP contribution in [0.4, 0.5) is 0 Å². The van der Waals surface area contributed by atoms with Gasteiger partial charge in [-0.1, -0.05) is 34.9 Å². The summed E-state index contributed by atoms with van der Waals surface area (Å²) in [5.41, 5.74) is 4.00. The Kier molecular flexibility index (Phi) is 5.01. The highest BCUT2D eigenvalue weighted by Crippen LogP contribution is 2.29. The molecular weight excluding hydrogens is 196 g/mol. The molecule has 1 aliphatic carbocycles. The number of aliphatic hydroxyl groups excluding tert-OH is 1. The van der Waals surface area contributed by atoms with Gasteiger partial charge < -0.3 is 5.11 Å². The molecule has 0 amide bonds. The van der Waals surface area contributed by atoms with E-state index in [9.17, 15) is 5.11 Å². The van der Waals surface area contributed by atoms with Crippen LogP contribution in [0.15, 0.2) is 34.9 Å². The van der Waals surface area contributed by atoms with Crippen molar-refractivity contribution in [3.8, 4) is 0 Å². The Labute approximate surface area is 99.6 Å². The van der Waals surface area contributed by atoms with Gasteiger partial charge in [0, 0.05) is 5.92 Å². The molecule has 0 aromatic rings. The standard InChI is InChI=1S/C15H24O/c1-11(2)6-5-7-13(4)14-9-8-12(3)10-15(14)16/h6-7,10,14-16H,5,8-9H2,1-4H3/b13-7-. The molecule has 1 nitrogen and oxygen atoms in total. The Hall–Kier alpha value is -0.820. The minimum Gasteiger partial charge on any atom is -0.388 e. The molecule has 0 bridgehead atoms. The molecule has 0 aliphatic heterocycles. The molecule has 0 fully saturated rings. The Morgan fingerprint density at radius 2 is 2.06 bits per heavy atom. The largest absolute Gasteiger partial charge is 0.388 e. The van der Waals surface area contributed by atoms with Crippen molar-refractivity contribution in [2.75, 3.05) is 0 Å². The minimum absolute atomic E-state index is 0.281. The Bertz CT molecular complexity index is 316. The van der Waals surface area contributed by atoms with Crippen molar-refractivity contribution in [3.05, 3.63) is 34.9 Å². The van der Waals surface area contributed by atoms with E-state index in [4.69, 9.17) is 0 Å². The summed E-state index contributed by atoms with van der Waals surface area (Å²) in [6, 6.07) is 0. The van der Waals surface area contributed by atoms with Crippen LogP contribution in [-0.2, 0) is 0 Å². The van der Waals surface area contributed by atoms with Crippen molar-refractivity contribution in [2.45, 2.75) is 53.1 Å². The molecule has 2 atom stereocenters. The van der Waals surface area contributed by atoms with Gasteiger partial charge in [0.15, 0.2) is 0 Å². The van der Waals surface area contributed by atoms with Crippen LogP contribution in [0.2, 0.25) is 0 Å². The summed E-state index contributed by atoms with van der Waals surface area (Å²) >= 11 is 0. The average molecular weight is 220 g/mol. The van der Waals surface area contributed by atoms with Crippen LogP contribution in [0.1, 0.15) is 47.0 Å². The van der Waals surface area contributed by atoms with Gasteiger partial charge in [-0.05, 0) is 47.0 Å². The van der Waals surface area contributed by atoms with Gasteiger partial charge in [-0.3, -0.25) is 0 Å². The van der Waals surface area contributed by atoms with E-state index < -0.39 is 0 Å². The first-order valence-electron chi connectivity index (χ1n) is 6.16. The van der Waals surface area contributed by atoms with Crippen LogP contribution >= 0.6 is 0 Å². The van der Waals surface area contributed by atoms with Gasteiger partial charge in [0.05, 0.1) is 6.10 Å². The van der Waals surface area contributed by atoms with Gasteiger partial charge >= 0.3 is 0 Å². The number of hydrogen-bond donors (Lipinski definition) is 1. The summed E-state index contributed by atoms with van der Waals surface area (Å²) in [6.45, 7) is 8.47. The van der Waals surface area contributed by atoms with Gasteiger partial charge in [0.2, 0.25) is 0 Å². The lowest BCUT2D eigenvalue weighted by atomic mass is 9.83. The summed E-state index contributed by atoms with van der Waals surface area (Å²) in [7, 11) is 0. The molecule has 1 N–H and O–H groups in total. The van der Waals surface area contributed by atoms with Crippen molar-refractivity contribution in [1.82, 2.24) is 0 Å². The molecule has 2 unspecified atom stereocenters. The molecule has 0 saturated heterocycles. The van der Waals surface area contributed by atoms with E-state index >= 15 is 0 Å². The first kappa shape index (κ1) is 13.2. The molecular formula is C15H24O. The molecule has 0 aromatic carbocycles. The van der Waals surface area contributed by atoms with Crippen LogP contribution in [-0.4, -0.2) is 11.2 Å². The van der Waals surface area contributed by atoms with E-state index in [0.29, 0.717) is 5.92 Å². The number of allylic oxidation sites excluding steroid dienone is 4. The maximum atomic E-state index is 9.99. The van der Waals surface area contributed by atoms with Crippen LogP contribution in [0, 0.1) is 5.92 Å². The molecule has 0 heterocycles. The topological polar surface area (TPSA) is 20.2 Å². The van der Waals surface area contributed by atoms with Gasteiger partial charge in [0.25, 0.3) is 0 Å². The van der Waals surface area contributed by atoms with Gasteiger partial charge in [0.1, 0.15) is 0 Å². The van der Waals surface area contributed by atoms with Crippen LogP contribution in [0.5, 0.6) is 0 Å². The van der Waals surface area contributed by atoms with Gasteiger partial charge in [-0.15, -0.1) is 0 Å². The van der Waals surface area contributed by atoms with Gasteiger partial charge in [-0.25, -0.2) is 0 Å². The Balaban J connectivity index is 2.61. The van der Waals surface area contributed by atoms with Crippen LogP contribution in [0.3, 0.4) is 0 Å². The highest BCUT2D eigenvalue weighted by molar-refractivity contribution is 5.17. The second kappa shape index (κ2) is 6.05. The molecule has 0 radical (unpaired) electrons. The zero-order valence-corrected chi connectivity index (χ0v) is 11.0. The summed E-state index contributed by atoms with van der Waals surface area (Å²) in [6.07, 6.45) is 9.38. The monoisotopic (exact) mass is 220 g/mol. The first-order chi connectivity index (χ1) is 7.50. The maximum Gasteiger partial charge on any atom is 0.0788 e. The van der Waals surface area contributed by atoms with E-state index in [1.165, 1.54) is 16.7 Å². The maximum absolute atomic E-state index is 9.99. The zero-order chi connectivity index (χ0) is 12.1. The first-order valence-corrected chi connectivity index (χ1v) is 6.16. The summed E-state index contributed by atoms with van der Waals surface area (Å²) in [4.78, 5) is 0. The fourth-order valence-electron chi connectivity index (χ4n) is 2.17. The normalized spacial score (nSPS) is 26.3. The molecule has 1 rings (SSSR count). The number of hydrogen-bond acceptors (Lipinski definition) is 1. The molecule has 0 spiro atoms. The third-order valence-corrected chi connectivity index (χ3v) is 3.27. The van der Waals surface area contributed by atoms with Crippen molar-refractivity contribution in [1.29, 1.82) is 0 Å². The van der Waals surface area contributed by atoms with Crippen molar-refractivity contribution >= 4 is 0 Å². The molecule has 1 aliphatic rings. The zero-order valence-electron chi connectivity index (χ0n) is 11.0. The molecule has 1 heteroatoms. The van der Waals surface area contributed by atoms with E-state index in [2.05, 4.69) is 39.8 Å². The van der Waals surface area contributed by atoms with E-state index in [1.54, 1.807) is 0 Å². The molecule has 0 saturated carbocycles. The summed E-state index contributed by atoms with van der Waals surface area (Å²) in [5, 5.41) is 9.99. The van der Waals surface area contributed by atoms with E-state index in [-0.39, 0.29) is 6.10 Å². The lowest BCUT2D eigenvalue weighted by Gasteiger charge is -2.26. The molecule has 90 valence electrons. The van der Waals surface area contributed by atoms with Crippen LogP contribution < -0.4 is 0 Å². The third-order valence-electron chi connectivity index (χ3n) is 3.27. The highest BCUT2D eigenvalue weighted by atomic mass is 16.3. The lowest BCUT2D eigenvalue weighted by Crippen LogP contribution is -2.23. The van der Waals surface area contributed by atoms with Crippen LogP contribution in [0.25, 0.3) is 0 Å². The molecule has 16 heavy (non-hydrogen) atoms. The SMILES string of the molecule is CC(C)=CC/C=C(/C)C1CCC(C)=CC1O. The van der Waals surface area contributed by atoms with E-state index in [0.717, 1.165) is 19.3 Å². The van der Waals surface area contributed by atoms with Crippen molar-refractivity contribution in [3.63, 3.8) is 0 Å². The number of aliphatic hydroxyl groups is 1. The predicted octanol–water partition coefficient (Wildman–Crippen LogP) is 4.01. The van der Waals surface area contributed by atoms with E-state index in [1.807, 2.05) is 6.08 Å². The highest BCUT2D eigenvalue weighted by Gasteiger charge is 2.22. The van der Waals surface area contributed by atoms with Crippen molar-refractivity contribution in [2.24, 2.45) is 5.92 Å². The Morgan fingerprint density at radius 3 is 2.62 bits per heavy atom. The van der Waals surface area contributed by atoms with Gasteiger partial charge in [-0.2, -0.15) is 0 Å². The molecule has 0 aromatic heterocycles. The quantitative estimate of drug-likeness (QED) is 0.713.